The van der Waals surface area contributed by atoms with Crippen LogP contribution < -0.4 is 15.4 Å². The van der Waals surface area contributed by atoms with Crippen molar-refractivity contribution in [3.05, 3.63) is 53.7 Å². The Morgan fingerprint density at radius 2 is 1.91 bits per heavy atom. The summed E-state index contributed by atoms with van der Waals surface area (Å²) in [5, 5.41) is 0. The SMILES string of the molecule is CC(C)OC(=O)N1CCC(COc2ccc(N3CC[C@H](c4cc(F)ccc4F)[C@@H](N)C3)nc2)CC1. The average Bonchev–Trinajstić information content (AvgIpc) is 2.84. The van der Waals surface area contributed by atoms with Crippen LogP contribution in [0.3, 0.4) is 0 Å². The van der Waals surface area contributed by atoms with Crippen molar-refractivity contribution in [2.24, 2.45) is 11.7 Å². The zero-order valence-electron chi connectivity index (χ0n) is 20.3. The quantitative estimate of drug-likeness (QED) is 0.653. The summed E-state index contributed by atoms with van der Waals surface area (Å²) in [6, 6.07) is 6.99. The molecule has 190 valence electrons. The Morgan fingerprint density at radius 1 is 1.14 bits per heavy atom. The van der Waals surface area contributed by atoms with E-state index >= 15 is 0 Å². The molecule has 0 aliphatic carbocycles. The van der Waals surface area contributed by atoms with E-state index in [9.17, 15) is 13.6 Å². The first-order valence-electron chi connectivity index (χ1n) is 12.3. The van der Waals surface area contributed by atoms with Gasteiger partial charge in [-0.15, -0.1) is 0 Å². The number of pyridine rings is 1. The molecule has 9 heteroatoms. The van der Waals surface area contributed by atoms with Gasteiger partial charge in [0.05, 0.1) is 18.9 Å². The number of likely N-dealkylation sites (tertiary alicyclic amines) is 1. The van der Waals surface area contributed by atoms with Crippen molar-refractivity contribution in [2.45, 2.75) is 51.2 Å². The number of nitrogens with zero attached hydrogens (tertiary/aromatic N) is 3. The molecule has 0 radical (unpaired) electrons. The molecule has 2 aliphatic rings. The summed E-state index contributed by atoms with van der Waals surface area (Å²) in [5.74, 6) is 0.745. The number of anilines is 1. The molecule has 0 saturated carbocycles. The minimum atomic E-state index is -0.451. The summed E-state index contributed by atoms with van der Waals surface area (Å²) in [5.41, 5.74) is 6.70. The number of carbonyl (C=O) groups excluding carboxylic acids is 1. The van der Waals surface area contributed by atoms with Crippen LogP contribution in [0.25, 0.3) is 0 Å². The fourth-order valence-electron chi connectivity index (χ4n) is 4.79. The second-order valence-electron chi connectivity index (χ2n) is 9.70. The van der Waals surface area contributed by atoms with E-state index in [-0.39, 0.29) is 24.2 Å². The second-order valence-corrected chi connectivity index (χ2v) is 9.70. The number of carbonyl (C=O) groups is 1. The molecule has 2 atom stereocenters. The topological polar surface area (TPSA) is 80.9 Å². The molecule has 1 amide bonds. The van der Waals surface area contributed by atoms with Crippen LogP contribution in [-0.2, 0) is 4.74 Å². The predicted molar refractivity (Wildman–Crippen MR) is 130 cm³/mol. The first kappa shape index (κ1) is 25.2. The highest BCUT2D eigenvalue weighted by molar-refractivity contribution is 5.67. The predicted octanol–water partition coefficient (Wildman–Crippen LogP) is 4.32. The maximum absolute atomic E-state index is 14.2. The number of hydrogen-bond donors (Lipinski definition) is 1. The summed E-state index contributed by atoms with van der Waals surface area (Å²) >= 11 is 0. The molecular formula is C26H34F2N4O3. The van der Waals surface area contributed by atoms with Crippen LogP contribution >= 0.6 is 0 Å². The molecule has 2 fully saturated rings. The number of rotatable bonds is 6. The third-order valence-corrected chi connectivity index (χ3v) is 6.76. The van der Waals surface area contributed by atoms with E-state index in [2.05, 4.69) is 9.88 Å². The highest BCUT2D eigenvalue weighted by Gasteiger charge is 2.30. The van der Waals surface area contributed by atoms with E-state index in [1.807, 2.05) is 26.0 Å². The van der Waals surface area contributed by atoms with Crippen LogP contribution in [0.4, 0.5) is 19.4 Å². The maximum Gasteiger partial charge on any atom is 0.410 e. The van der Waals surface area contributed by atoms with Crippen LogP contribution in [-0.4, -0.2) is 60.9 Å². The third-order valence-electron chi connectivity index (χ3n) is 6.76. The monoisotopic (exact) mass is 488 g/mol. The standard InChI is InChI=1S/C26H34F2N4O3/c1-17(2)35-26(33)31-10-7-18(8-11-31)16-34-20-4-6-25(30-14-20)32-12-9-21(24(29)15-32)22-13-19(27)3-5-23(22)28/h3-6,13-14,17-18,21,24H,7-12,15-16,29H2,1-2H3/t21-,24+/m1/s1. The van der Waals surface area contributed by atoms with E-state index in [0.717, 1.165) is 30.8 Å². The molecule has 0 bridgehead atoms. The summed E-state index contributed by atoms with van der Waals surface area (Å²) in [4.78, 5) is 20.4. The lowest BCUT2D eigenvalue weighted by atomic mass is 9.85. The smallest absolute Gasteiger partial charge is 0.410 e. The number of piperidine rings is 2. The first-order chi connectivity index (χ1) is 16.8. The summed E-state index contributed by atoms with van der Waals surface area (Å²) in [6.45, 7) is 6.78. The average molecular weight is 489 g/mol. The molecular weight excluding hydrogens is 454 g/mol. The number of hydrogen-bond acceptors (Lipinski definition) is 6. The van der Waals surface area contributed by atoms with Crippen molar-refractivity contribution >= 4 is 11.9 Å². The lowest BCUT2D eigenvalue weighted by Gasteiger charge is -2.37. The van der Waals surface area contributed by atoms with Crippen molar-refractivity contribution in [2.75, 3.05) is 37.7 Å². The Labute approximate surface area is 205 Å². The van der Waals surface area contributed by atoms with Crippen molar-refractivity contribution < 1.29 is 23.0 Å². The summed E-state index contributed by atoms with van der Waals surface area (Å²) in [6.07, 6.45) is 3.70. The highest BCUT2D eigenvalue weighted by Crippen LogP contribution is 2.31. The van der Waals surface area contributed by atoms with Gasteiger partial charge in [-0.25, -0.2) is 18.6 Å². The molecule has 2 aliphatic heterocycles. The number of benzene rings is 1. The molecule has 1 aromatic heterocycles. The molecule has 7 nitrogen and oxygen atoms in total. The van der Waals surface area contributed by atoms with E-state index in [1.54, 1.807) is 11.1 Å². The Kier molecular flexibility index (Phi) is 8.05. The van der Waals surface area contributed by atoms with Gasteiger partial charge in [0.15, 0.2) is 0 Å². The minimum absolute atomic E-state index is 0.113. The molecule has 3 heterocycles. The lowest BCUT2D eigenvalue weighted by Crippen LogP contribution is -2.48. The molecule has 2 aromatic rings. The van der Waals surface area contributed by atoms with Gasteiger partial charge in [-0.2, -0.15) is 0 Å². The fourth-order valence-corrected chi connectivity index (χ4v) is 4.79. The van der Waals surface area contributed by atoms with E-state index in [1.165, 1.54) is 6.07 Å². The van der Waals surface area contributed by atoms with Gasteiger partial charge in [-0.3, -0.25) is 0 Å². The largest absolute Gasteiger partial charge is 0.492 e. The maximum atomic E-state index is 14.2. The van der Waals surface area contributed by atoms with Gasteiger partial charge in [0.1, 0.15) is 23.2 Å². The van der Waals surface area contributed by atoms with Gasteiger partial charge < -0.3 is 25.0 Å². The molecule has 2 N–H and O–H groups in total. The summed E-state index contributed by atoms with van der Waals surface area (Å²) in [7, 11) is 0. The van der Waals surface area contributed by atoms with Crippen LogP contribution in [0, 0.1) is 17.6 Å². The number of halogens is 2. The zero-order valence-corrected chi connectivity index (χ0v) is 20.3. The molecule has 35 heavy (non-hydrogen) atoms. The van der Waals surface area contributed by atoms with Crippen LogP contribution in [0.15, 0.2) is 36.5 Å². The first-order valence-corrected chi connectivity index (χ1v) is 12.3. The number of ether oxygens (including phenoxy) is 2. The van der Waals surface area contributed by atoms with Crippen molar-refractivity contribution in [1.82, 2.24) is 9.88 Å². The molecule has 0 unspecified atom stereocenters. The van der Waals surface area contributed by atoms with Gasteiger partial charge in [0.25, 0.3) is 0 Å². The van der Waals surface area contributed by atoms with E-state index < -0.39 is 11.6 Å². The normalized spacial score (nSPS) is 21.3. The van der Waals surface area contributed by atoms with Gasteiger partial charge in [0.2, 0.25) is 0 Å². The van der Waals surface area contributed by atoms with Gasteiger partial charge >= 0.3 is 6.09 Å². The van der Waals surface area contributed by atoms with E-state index in [0.29, 0.717) is 56.4 Å². The van der Waals surface area contributed by atoms with Gasteiger partial charge in [0, 0.05) is 38.1 Å². The zero-order chi connectivity index (χ0) is 24.9. The molecule has 2 saturated heterocycles. The number of amides is 1. The number of aromatic nitrogens is 1. The molecule has 0 spiro atoms. The van der Waals surface area contributed by atoms with Crippen LogP contribution in [0.2, 0.25) is 0 Å². The third kappa shape index (κ3) is 6.39. The summed E-state index contributed by atoms with van der Waals surface area (Å²) < 4.78 is 39.0. The Bertz CT molecular complexity index is 997. The number of nitrogens with two attached hydrogens (primary N) is 1. The van der Waals surface area contributed by atoms with Crippen molar-refractivity contribution in [1.29, 1.82) is 0 Å². The Hall–Kier alpha value is -2.94. The van der Waals surface area contributed by atoms with Crippen molar-refractivity contribution in [3.63, 3.8) is 0 Å². The second kappa shape index (κ2) is 11.2. The Morgan fingerprint density at radius 3 is 2.57 bits per heavy atom. The molecule has 4 rings (SSSR count). The minimum Gasteiger partial charge on any atom is -0.492 e. The highest BCUT2D eigenvalue weighted by atomic mass is 19.1. The lowest BCUT2D eigenvalue weighted by molar-refractivity contribution is 0.0608. The van der Waals surface area contributed by atoms with E-state index in [4.69, 9.17) is 15.2 Å². The van der Waals surface area contributed by atoms with Crippen LogP contribution in [0.1, 0.15) is 44.6 Å². The van der Waals surface area contributed by atoms with Crippen molar-refractivity contribution in [3.8, 4) is 5.75 Å². The molecule has 1 aromatic carbocycles. The Balaban J connectivity index is 1.25. The van der Waals surface area contributed by atoms with Crippen LogP contribution in [0.5, 0.6) is 5.75 Å². The van der Waals surface area contributed by atoms with Gasteiger partial charge in [-0.05, 0) is 74.9 Å². The fraction of sp³-hybridized carbons (Fsp3) is 0.538. The van der Waals surface area contributed by atoms with Gasteiger partial charge in [-0.1, -0.05) is 0 Å².